The van der Waals surface area contributed by atoms with Crippen LogP contribution in [0.5, 0.6) is 0 Å². The summed E-state index contributed by atoms with van der Waals surface area (Å²) in [6.07, 6.45) is 4.70. The van der Waals surface area contributed by atoms with Crippen LogP contribution in [0.4, 0.5) is 4.79 Å². The lowest BCUT2D eigenvalue weighted by molar-refractivity contribution is 0.237. The summed E-state index contributed by atoms with van der Waals surface area (Å²) in [4.78, 5) is 11.7. The summed E-state index contributed by atoms with van der Waals surface area (Å²) in [6, 6.07) is 8.10. The number of hydrogen-bond acceptors (Lipinski definition) is 1. The van der Waals surface area contributed by atoms with Crippen LogP contribution in [0.25, 0.3) is 0 Å². The number of hydrogen-bond donors (Lipinski definition) is 2. The average molecular weight is 262 g/mol. The number of rotatable bonds is 7. The lowest BCUT2D eigenvalue weighted by Gasteiger charge is -2.17. The van der Waals surface area contributed by atoms with Crippen LogP contribution in [0.15, 0.2) is 24.3 Å². The van der Waals surface area contributed by atoms with Gasteiger partial charge < -0.3 is 10.6 Å². The molecule has 3 heteroatoms. The quantitative estimate of drug-likeness (QED) is 0.718. The second-order valence-electron chi connectivity index (χ2n) is 5.04. The van der Waals surface area contributed by atoms with Gasteiger partial charge in [0.1, 0.15) is 0 Å². The van der Waals surface area contributed by atoms with Gasteiger partial charge in [-0.1, -0.05) is 50.5 Å². The first-order valence-corrected chi connectivity index (χ1v) is 7.25. The number of carbonyl (C=O) groups excluding carboxylic acids is 1. The molecule has 0 heterocycles. The SMILES string of the molecule is CCCCCCNC(=O)NC(C)c1ccccc1C. The van der Waals surface area contributed by atoms with Gasteiger partial charge in [-0.15, -0.1) is 0 Å². The molecule has 0 spiro atoms. The van der Waals surface area contributed by atoms with Gasteiger partial charge in [-0.25, -0.2) is 4.79 Å². The van der Waals surface area contributed by atoms with Crippen molar-refractivity contribution in [2.75, 3.05) is 6.54 Å². The molecule has 0 radical (unpaired) electrons. The van der Waals surface area contributed by atoms with Crippen molar-refractivity contribution in [3.63, 3.8) is 0 Å². The fourth-order valence-electron chi connectivity index (χ4n) is 2.15. The highest BCUT2D eigenvalue weighted by Crippen LogP contribution is 2.16. The van der Waals surface area contributed by atoms with Gasteiger partial charge in [0.25, 0.3) is 0 Å². The summed E-state index contributed by atoms with van der Waals surface area (Å²) in [5.41, 5.74) is 2.38. The van der Waals surface area contributed by atoms with Crippen LogP contribution < -0.4 is 10.6 Å². The molecule has 0 saturated heterocycles. The van der Waals surface area contributed by atoms with Gasteiger partial charge in [-0.2, -0.15) is 0 Å². The zero-order valence-electron chi connectivity index (χ0n) is 12.3. The standard InChI is InChI=1S/C16H26N2O/c1-4-5-6-9-12-17-16(19)18-14(3)15-11-8-7-10-13(15)2/h7-8,10-11,14H,4-6,9,12H2,1-3H3,(H2,17,18,19). The molecule has 1 atom stereocenters. The van der Waals surface area contributed by atoms with Crippen LogP contribution in [-0.4, -0.2) is 12.6 Å². The van der Waals surface area contributed by atoms with E-state index in [0.717, 1.165) is 13.0 Å². The third-order valence-electron chi connectivity index (χ3n) is 3.32. The Hall–Kier alpha value is -1.51. The van der Waals surface area contributed by atoms with Crippen LogP contribution in [0.1, 0.15) is 56.7 Å². The van der Waals surface area contributed by atoms with Crippen molar-refractivity contribution in [2.45, 2.75) is 52.5 Å². The van der Waals surface area contributed by atoms with Gasteiger partial charge in [0.2, 0.25) is 0 Å². The van der Waals surface area contributed by atoms with E-state index >= 15 is 0 Å². The molecule has 1 unspecified atom stereocenters. The first-order chi connectivity index (χ1) is 9.15. The minimum absolute atomic E-state index is 0.0387. The molecule has 2 amide bonds. The number of aryl methyl sites for hydroxylation is 1. The Kier molecular flexibility index (Phi) is 7.01. The lowest BCUT2D eigenvalue weighted by Crippen LogP contribution is -2.37. The number of carbonyl (C=O) groups is 1. The van der Waals surface area contributed by atoms with Crippen molar-refractivity contribution in [2.24, 2.45) is 0 Å². The van der Waals surface area contributed by atoms with Gasteiger partial charge in [-0.05, 0) is 31.4 Å². The van der Waals surface area contributed by atoms with Crippen molar-refractivity contribution in [1.82, 2.24) is 10.6 Å². The van der Waals surface area contributed by atoms with E-state index in [1.165, 1.54) is 30.4 Å². The number of unbranched alkanes of at least 4 members (excludes halogenated alkanes) is 3. The smallest absolute Gasteiger partial charge is 0.315 e. The maximum Gasteiger partial charge on any atom is 0.315 e. The maximum atomic E-state index is 11.7. The Balaban J connectivity index is 2.30. The molecule has 0 aromatic heterocycles. The molecule has 1 aromatic carbocycles. The van der Waals surface area contributed by atoms with Gasteiger partial charge in [0.15, 0.2) is 0 Å². The monoisotopic (exact) mass is 262 g/mol. The molecule has 0 bridgehead atoms. The molecular formula is C16H26N2O. The zero-order valence-corrected chi connectivity index (χ0v) is 12.3. The molecule has 3 nitrogen and oxygen atoms in total. The third kappa shape index (κ3) is 5.77. The first-order valence-electron chi connectivity index (χ1n) is 7.25. The molecule has 0 aliphatic carbocycles. The second-order valence-corrected chi connectivity index (χ2v) is 5.04. The Labute approximate surface area is 116 Å². The summed E-state index contributed by atoms with van der Waals surface area (Å²) in [5, 5.41) is 5.89. The Morgan fingerprint density at radius 2 is 1.95 bits per heavy atom. The number of urea groups is 1. The van der Waals surface area contributed by atoms with E-state index in [4.69, 9.17) is 0 Å². The summed E-state index contributed by atoms with van der Waals surface area (Å²) >= 11 is 0. The zero-order chi connectivity index (χ0) is 14.1. The first kappa shape index (κ1) is 15.5. The van der Waals surface area contributed by atoms with Crippen molar-refractivity contribution in [3.05, 3.63) is 35.4 Å². The highest BCUT2D eigenvalue weighted by atomic mass is 16.2. The topological polar surface area (TPSA) is 41.1 Å². The van der Waals surface area contributed by atoms with Crippen molar-refractivity contribution >= 4 is 6.03 Å². The maximum absolute atomic E-state index is 11.7. The van der Waals surface area contributed by atoms with E-state index < -0.39 is 0 Å². The van der Waals surface area contributed by atoms with Crippen LogP contribution in [-0.2, 0) is 0 Å². The molecule has 106 valence electrons. The molecule has 0 aliphatic rings. The van der Waals surface area contributed by atoms with E-state index in [1.54, 1.807) is 0 Å². The van der Waals surface area contributed by atoms with Crippen LogP contribution in [0.2, 0.25) is 0 Å². The van der Waals surface area contributed by atoms with Crippen LogP contribution >= 0.6 is 0 Å². The molecule has 19 heavy (non-hydrogen) atoms. The van der Waals surface area contributed by atoms with Crippen molar-refractivity contribution in [1.29, 1.82) is 0 Å². The minimum Gasteiger partial charge on any atom is -0.338 e. The van der Waals surface area contributed by atoms with E-state index in [1.807, 2.05) is 19.1 Å². The largest absolute Gasteiger partial charge is 0.338 e. The predicted octanol–water partition coefficient (Wildman–Crippen LogP) is 3.94. The minimum atomic E-state index is -0.0766. The van der Waals surface area contributed by atoms with Gasteiger partial charge >= 0.3 is 6.03 Å². The molecule has 0 aliphatic heterocycles. The van der Waals surface area contributed by atoms with Crippen LogP contribution in [0.3, 0.4) is 0 Å². The third-order valence-corrected chi connectivity index (χ3v) is 3.32. The second kappa shape index (κ2) is 8.57. The molecule has 1 aromatic rings. The highest BCUT2D eigenvalue weighted by Gasteiger charge is 2.10. The number of nitrogens with one attached hydrogen (secondary N) is 2. The van der Waals surface area contributed by atoms with Crippen LogP contribution in [0, 0.1) is 6.92 Å². The van der Waals surface area contributed by atoms with E-state index in [0.29, 0.717) is 0 Å². The van der Waals surface area contributed by atoms with E-state index in [9.17, 15) is 4.79 Å². The Morgan fingerprint density at radius 3 is 2.63 bits per heavy atom. The summed E-state index contributed by atoms with van der Waals surface area (Å²) in [6.45, 7) is 7.02. The normalized spacial score (nSPS) is 11.9. The fraction of sp³-hybridized carbons (Fsp3) is 0.562. The Morgan fingerprint density at radius 1 is 1.21 bits per heavy atom. The van der Waals surface area contributed by atoms with Gasteiger partial charge in [-0.3, -0.25) is 0 Å². The van der Waals surface area contributed by atoms with Gasteiger partial charge in [0, 0.05) is 6.54 Å². The number of amides is 2. The number of benzene rings is 1. The molecule has 0 saturated carbocycles. The molecule has 1 rings (SSSR count). The van der Waals surface area contributed by atoms with Crippen molar-refractivity contribution in [3.8, 4) is 0 Å². The lowest BCUT2D eigenvalue weighted by atomic mass is 10.0. The Bertz CT molecular complexity index is 390. The molecular weight excluding hydrogens is 236 g/mol. The summed E-state index contributed by atoms with van der Waals surface area (Å²) in [7, 11) is 0. The van der Waals surface area contributed by atoms with Gasteiger partial charge in [0.05, 0.1) is 6.04 Å². The molecule has 2 N–H and O–H groups in total. The summed E-state index contributed by atoms with van der Waals surface area (Å²) < 4.78 is 0. The molecule has 0 fully saturated rings. The fourth-order valence-corrected chi connectivity index (χ4v) is 2.15. The van der Waals surface area contributed by atoms with E-state index in [2.05, 4.69) is 36.6 Å². The van der Waals surface area contributed by atoms with E-state index in [-0.39, 0.29) is 12.1 Å². The highest BCUT2D eigenvalue weighted by molar-refractivity contribution is 5.74. The predicted molar refractivity (Wildman–Crippen MR) is 80.3 cm³/mol. The average Bonchev–Trinajstić information content (AvgIpc) is 2.39. The van der Waals surface area contributed by atoms with Crippen molar-refractivity contribution < 1.29 is 4.79 Å². The summed E-state index contributed by atoms with van der Waals surface area (Å²) in [5.74, 6) is 0.